The number of aryl methyl sites for hydroxylation is 1. The van der Waals surface area contributed by atoms with E-state index in [0.29, 0.717) is 5.02 Å². The highest BCUT2D eigenvalue weighted by atomic mass is 35.5. The molecule has 0 spiro atoms. The van der Waals surface area contributed by atoms with Gasteiger partial charge in [0.1, 0.15) is 5.60 Å². The van der Waals surface area contributed by atoms with E-state index >= 15 is 0 Å². The molecule has 1 fully saturated rings. The Morgan fingerprint density at radius 1 is 1.21 bits per heavy atom. The fourth-order valence-electron chi connectivity index (χ4n) is 2.63. The van der Waals surface area contributed by atoms with E-state index in [9.17, 15) is 4.79 Å². The van der Waals surface area contributed by atoms with E-state index in [0.717, 1.165) is 16.6 Å². The van der Waals surface area contributed by atoms with Gasteiger partial charge in [0.15, 0.2) is 0 Å². The average molecular weight is 408 g/mol. The molecule has 1 aliphatic heterocycles. The number of carbonyl (C=O) groups excluding carboxylic acids is 1. The van der Waals surface area contributed by atoms with E-state index in [1.54, 1.807) is 0 Å². The molecule has 0 aliphatic carbocycles. The van der Waals surface area contributed by atoms with Crippen molar-refractivity contribution in [2.75, 3.05) is 6.54 Å². The average Bonchev–Trinajstić information content (AvgIpc) is 2.71. The van der Waals surface area contributed by atoms with Crippen LogP contribution in [0.5, 0.6) is 0 Å². The Balaban J connectivity index is 2.28. The molecule has 0 saturated carbocycles. The van der Waals surface area contributed by atoms with Crippen molar-refractivity contribution in [2.24, 2.45) is 0 Å². The molecule has 0 radical (unpaired) electrons. The summed E-state index contributed by atoms with van der Waals surface area (Å²) in [4.78, 5) is 12.1. The van der Waals surface area contributed by atoms with Crippen molar-refractivity contribution < 1.29 is 18.8 Å². The minimum absolute atomic E-state index is 0.218. The van der Waals surface area contributed by atoms with Crippen LogP contribution in [0.25, 0.3) is 6.08 Å². The number of benzene rings is 1. The van der Waals surface area contributed by atoms with E-state index in [2.05, 4.69) is 5.32 Å². The number of amides is 1. The van der Waals surface area contributed by atoms with Crippen LogP contribution in [-0.2, 0) is 14.0 Å². The summed E-state index contributed by atoms with van der Waals surface area (Å²) in [6.45, 7) is 15.6. The van der Waals surface area contributed by atoms with Gasteiger partial charge in [0.25, 0.3) is 0 Å². The molecule has 1 aromatic carbocycles. The van der Waals surface area contributed by atoms with E-state index in [1.807, 2.05) is 79.7 Å². The summed E-state index contributed by atoms with van der Waals surface area (Å²) >= 11 is 6.40. The number of halogens is 1. The molecule has 1 saturated heterocycles. The molecule has 0 bridgehead atoms. The first-order valence-corrected chi connectivity index (χ1v) is 9.87. The summed E-state index contributed by atoms with van der Waals surface area (Å²) in [7, 11) is -0.600. The lowest BCUT2D eigenvalue weighted by molar-refractivity contribution is 0.00578. The van der Waals surface area contributed by atoms with Crippen molar-refractivity contribution in [3.8, 4) is 0 Å². The molecule has 1 aromatic rings. The van der Waals surface area contributed by atoms with Gasteiger partial charge in [0.05, 0.1) is 11.2 Å². The van der Waals surface area contributed by atoms with Crippen molar-refractivity contribution in [1.29, 1.82) is 0 Å². The number of carbonyl (C=O) groups is 1. The number of nitrogens with one attached hydrogen (secondary N) is 1. The minimum atomic E-state index is -0.600. The Morgan fingerprint density at radius 3 is 2.29 bits per heavy atom. The van der Waals surface area contributed by atoms with Gasteiger partial charge in [-0.15, -0.1) is 0 Å². The van der Waals surface area contributed by atoms with Crippen LogP contribution in [-0.4, -0.2) is 36.6 Å². The second kappa shape index (κ2) is 8.09. The van der Waals surface area contributed by atoms with Crippen LogP contribution in [0.15, 0.2) is 23.7 Å². The molecule has 154 valence electrons. The van der Waals surface area contributed by atoms with E-state index in [-0.39, 0.29) is 6.54 Å². The van der Waals surface area contributed by atoms with Gasteiger partial charge in [0, 0.05) is 11.6 Å². The first-order valence-electron chi connectivity index (χ1n) is 9.49. The lowest BCUT2D eigenvalue weighted by atomic mass is 9.77. The van der Waals surface area contributed by atoms with Crippen LogP contribution < -0.4 is 5.32 Å². The molecule has 0 atom stereocenters. The highest BCUT2D eigenvalue weighted by Crippen LogP contribution is 2.39. The molecule has 5 nitrogen and oxygen atoms in total. The van der Waals surface area contributed by atoms with Gasteiger partial charge in [-0.3, -0.25) is 0 Å². The number of hydrogen-bond acceptors (Lipinski definition) is 4. The SMILES string of the molecule is Cc1ccc(C=C(CNC(=O)OC(C)(C)C)B2OC(C)(C)C(C)(C)O2)c(Cl)c1. The summed E-state index contributed by atoms with van der Waals surface area (Å²) in [5.41, 5.74) is 1.13. The lowest BCUT2D eigenvalue weighted by Crippen LogP contribution is -2.41. The first-order chi connectivity index (χ1) is 12.7. The third kappa shape index (κ3) is 5.75. The zero-order valence-corrected chi connectivity index (χ0v) is 18.9. The normalized spacial score (nSPS) is 18.9. The standard InChI is InChI=1S/C21H31BClNO4/c1-14-9-10-15(17(23)11-14)12-16(13-24-18(25)26-19(2,3)4)22-27-20(5,6)21(7,8)28-22/h9-12H,13H2,1-8H3,(H,24,25). The van der Waals surface area contributed by atoms with Gasteiger partial charge in [-0.25, -0.2) is 4.79 Å². The molecule has 0 unspecified atom stereocenters. The predicted octanol–water partition coefficient (Wildman–Crippen LogP) is 5.19. The van der Waals surface area contributed by atoms with Crippen LogP contribution in [0.1, 0.15) is 59.6 Å². The maximum Gasteiger partial charge on any atom is 0.492 e. The Kier molecular flexibility index (Phi) is 6.59. The number of alkyl carbamates (subject to hydrolysis) is 1. The molecule has 7 heteroatoms. The quantitative estimate of drug-likeness (QED) is 0.698. The van der Waals surface area contributed by atoms with Gasteiger partial charge in [-0.1, -0.05) is 29.8 Å². The summed E-state index contributed by atoms with van der Waals surface area (Å²) in [6.07, 6.45) is 1.41. The van der Waals surface area contributed by atoms with Gasteiger partial charge >= 0.3 is 13.2 Å². The first kappa shape index (κ1) is 22.8. The van der Waals surface area contributed by atoms with Gasteiger partial charge in [0.2, 0.25) is 0 Å². The summed E-state index contributed by atoms with van der Waals surface area (Å²) in [5, 5.41) is 3.42. The summed E-state index contributed by atoms with van der Waals surface area (Å²) < 4.78 is 17.7. The molecule has 28 heavy (non-hydrogen) atoms. The maximum absolute atomic E-state index is 12.1. The highest BCUT2D eigenvalue weighted by molar-refractivity contribution is 6.56. The zero-order valence-electron chi connectivity index (χ0n) is 18.1. The van der Waals surface area contributed by atoms with Crippen molar-refractivity contribution in [3.63, 3.8) is 0 Å². The highest BCUT2D eigenvalue weighted by Gasteiger charge is 2.52. The topological polar surface area (TPSA) is 56.8 Å². The molecule has 2 rings (SSSR count). The maximum atomic E-state index is 12.1. The fraction of sp³-hybridized carbons (Fsp3) is 0.571. The van der Waals surface area contributed by atoms with E-state index < -0.39 is 30.0 Å². The molecule has 1 aliphatic rings. The Bertz CT molecular complexity index is 752. The van der Waals surface area contributed by atoms with Gasteiger partial charge < -0.3 is 19.4 Å². The smallest absolute Gasteiger partial charge is 0.444 e. The fourth-order valence-corrected chi connectivity index (χ4v) is 2.92. The molecular formula is C21H31BClNO4. The van der Waals surface area contributed by atoms with Gasteiger partial charge in [-0.05, 0) is 78.1 Å². The van der Waals surface area contributed by atoms with Crippen LogP contribution in [0, 0.1) is 6.92 Å². The Morgan fingerprint density at radius 2 is 1.79 bits per heavy atom. The Hall–Kier alpha value is -1.50. The van der Waals surface area contributed by atoms with Crippen molar-refractivity contribution in [1.82, 2.24) is 5.32 Å². The Labute approximate surface area is 173 Å². The third-order valence-electron chi connectivity index (χ3n) is 4.89. The second-order valence-electron chi connectivity index (χ2n) is 9.19. The predicted molar refractivity (Wildman–Crippen MR) is 114 cm³/mol. The molecule has 0 aromatic heterocycles. The van der Waals surface area contributed by atoms with Crippen molar-refractivity contribution in [3.05, 3.63) is 39.8 Å². The summed E-state index contributed by atoms with van der Waals surface area (Å²) in [5.74, 6) is 0. The van der Waals surface area contributed by atoms with Crippen LogP contribution in [0.3, 0.4) is 0 Å². The molecular weight excluding hydrogens is 376 g/mol. The minimum Gasteiger partial charge on any atom is -0.444 e. The largest absolute Gasteiger partial charge is 0.492 e. The lowest BCUT2D eigenvalue weighted by Gasteiger charge is -2.32. The van der Waals surface area contributed by atoms with Crippen molar-refractivity contribution >= 4 is 30.9 Å². The number of hydrogen-bond donors (Lipinski definition) is 1. The van der Waals surface area contributed by atoms with Gasteiger partial charge in [-0.2, -0.15) is 0 Å². The van der Waals surface area contributed by atoms with E-state index in [4.69, 9.17) is 25.6 Å². The molecule has 1 amide bonds. The monoisotopic (exact) mass is 407 g/mol. The third-order valence-corrected chi connectivity index (χ3v) is 5.22. The number of ether oxygens (including phenoxy) is 1. The summed E-state index contributed by atoms with van der Waals surface area (Å²) in [6, 6.07) is 5.83. The molecule has 1 N–H and O–H groups in total. The van der Waals surface area contributed by atoms with Crippen LogP contribution in [0.4, 0.5) is 4.79 Å². The van der Waals surface area contributed by atoms with Crippen LogP contribution >= 0.6 is 11.6 Å². The molecule has 1 heterocycles. The van der Waals surface area contributed by atoms with Crippen molar-refractivity contribution in [2.45, 2.75) is 72.2 Å². The zero-order chi connectivity index (χ0) is 21.3. The van der Waals surface area contributed by atoms with E-state index in [1.165, 1.54) is 0 Å². The van der Waals surface area contributed by atoms with Crippen LogP contribution in [0.2, 0.25) is 5.02 Å². The number of rotatable bonds is 4. The second-order valence-corrected chi connectivity index (χ2v) is 9.60.